The second-order valence-corrected chi connectivity index (χ2v) is 6.68. The number of para-hydroxylation sites is 1. The van der Waals surface area contributed by atoms with Crippen molar-refractivity contribution in [1.82, 2.24) is 14.8 Å². The second-order valence-electron chi connectivity index (χ2n) is 6.68. The molecule has 0 fully saturated rings. The molecule has 0 bridgehead atoms. The van der Waals surface area contributed by atoms with Crippen LogP contribution < -0.4 is 4.90 Å². The van der Waals surface area contributed by atoms with Gasteiger partial charge in [0.25, 0.3) is 5.91 Å². The summed E-state index contributed by atoms with van der Waals surface area (Å²) in [5.41, 5.74) is 3.65. The van der Waals surface area contributed by atoms with Crippen molar-refractivity contribution in [2.24, 2.45) is 0 Å². The minimum Gasteiger partial charge on any atom is -0.305 e. The zero-order chi connectivity index (χ0) is 16.8. The third-order valence-electron chi connectivity index (χ3n) is 4.60. The van der Waals surface area contributed by atoms with Crippen molar-refractivity contribution >= 4 is 22.6 Å². The molecule has 0 saturated heterocycles. The fourth-order valence-corrected chi connectivity index (χ4v) is 3.45. The lowest BCUT2D eigenvalue weighted by Crippen LogP contribution is -2.35. The summed E-state index contributed by atoms with van der Waals surface area (Å²) in [7, 11) is 0. The smallest absolute Gasteiger partial charge is 0.260 e. The van der Waals surface area contributed by atoms with Crippen molar-refractivity contribution in [3.05, 3.63) is 53.9 Å². The number of carbonyl (C=O) groups is 1. The molecule has 4 rings (SSSR count). The topological polar surface area (TPSA) is 51.0 Å². The highest BCUT2D eigenvalue weighted by Crippen LogP contribution is 2.33. The number of hydrogen-bond donors (Lipinski definition) is 0. The minimum absolute atomic E-state index is 0.000790. The van der Waals surface area contributed by atoms with Gasteiger partial charge in [-0.15, -0.1) is 0 Å². The Morgan fingerprint density at radius 1 is 1.25 bits per heavy atom. The first-order valence-corrected chi connectivity index (χ1v) is 8.31. The largest absolute Gasteiger partial charge is 0.305 e. The van der Waals surface area contributed by atoms with Gasteiger partial charge in [0.1, 0.15) is 0 Å². The van der Waals surface area contributed by atoms with Gasteiger partial charge >= 0.3 is 0 Å². The first-order valence-electron chi connectivity index (χ1n) is 8.31. The van der Waals surface area contributed by atoms with Crippen LogP contribution in [-0.4, -0.2) is 26.7 Å². The molecule has 122 valence electrons. The molecule has 3 heterocycles. The van der Waals surface area contributed by atoms with Gasteiger partial charge in [-0.3, -0.25) is 4.79 Å². The number of anilines is 1. The second kappa shape index (κ2) is 5.44. The van der Waals surface area contributed by atoms with Crippen LogP contribution in [0.15, 0.2) is 42.7 Å². The van der Waals surface area contributed by atoms with Crippen LogP contribution in [0.25, 0.3) is 11.0 Å². The van der Waals surface area contributed by atoms with Crippen LogP contribution in [0.4, 0.5) is 5.69 Å². The first kappa shape index (κ1) is 14.9. The van der Waals surface area contributed by atoms with Crippen molar-refractivity contribution in [2.75, 3.05) is 4.90 Å². The van der Waals surface area contributed by atoms with Crippen LogP contribution in [-0.2, 0) is 6.42 Å². The number of carbonyl (C=O) groups excluding carboxylic acids is 1. The molecule has 1 atom stereocenters. The number of aromatic nitrogens is 3. The molecular formula is C19H20N4O. The van der Waals surface area contributed by atoms with Crippen LogP contribution in [0.5, 0.6) is 0 Å². The van der Waals surface area contributed by atoms with Gasteiger partial charge in [0.2, 0.25) is 0 Å². The van der Waals surface area contributed by atoms with Crippen LogP contribution >= 0.6 is 0 Å². The van der Waals surface area contributed by atoms with Gasteiger partial charge in [-0.1, -0.05) is 18.2 Å². The highest BCUT2D eigenvalue weighted by Gasteiger charge is 2.31. The van der Waals surface area contributed by atoms with Crippen LogP contribution in [0.3, 0.4) is 0 Å². The maximum Gasteiger partial charge on any atom is 0.260 e. The number of amides is 1. The summed E-state index contributed by atoms with van der Waals surface area (Å²) in [6, 6.07) is 10.4. The van der Waals surface area contributed by atoms with Crippen molar-refractivity contribution in [2.45, 2.75) is 39.3 Å². The highest BCUT2D eigenvalue weighted by molar-refractivity contribution is 6.08. The van der Waals surface area contributed by atoms with Crippen LogP contribution in [0, 0.1) is 0 Å². The van der Waals surface area contributed by atoms with Gasteiger partial charge in [0, 0.05) is 29.4 Å². The number of pyridine rings is 1. The third-order valence-corrected chi connectivity index (χ3v) is 4.60. The van der Waals surface area contributed by atoms with E-state index < -0.39 is 0 Å². The fourth-order valence-electron chi connectivity index (χ4n) is 3.45. The van der Waals surface area contributed by atoms with Crippen molar-refractivity contribution in [1.29, 1.82) is 0 Å². The Balaban J connectivity index is 1.74. The molecule has 1 aliphatic rings. The molecule has 1 unspecified atom stereocenters. The van der Waals surface area contributed by atoms with E-state index in [0.29, 0.717) is 5.56 Å². The maximum absolute atomic E-state index is 13.1. The van der Waals surface area contributed by atoms with E-state index in [1.807, 2.05) is 33.8 Å². The van der Waals surface area contributed by atoms with Crippen LogP contribution in [0.1, 0.15) is 42.7 Å². The molecule has 0 spiro atoms. The summed E-state index contributed by atoms with van der Waals surface area (Å²) >= 11 is 0. The number of nitrogens with zero attached hydrogens (tertiary/aromatic N) is 4. The summed E-state index contributed by atoms with van der Waals surface area (Å²) in [4.78, 5) is 19.4. The summed E-state index contributed by atoms with van der Waals surface area (Å²) in [5, 5.41) is 5.27. The van der Waals surface area contributed by atoms with Crippen LogP contribution in [0.2, 0.25) is 0 Å². The Morgan fingerprint density at radius 2 is 2.04 bits per heavy atom. The van der Waals surface area contributed by atoms with E-state index in [1.54, 1.807) is 12.4 Å². The van der Waals surface area contributed by atoms with E-state index >= 15 is 0 Å². The minimum atomic E-state index is -0.000790. The van der Waals surface area contributed by atoms with Crippen molar-refractivity contribution in [3.63, 3.8) is 0 Å². The lowest BCUT2D eigenvalue weighted by Gasteiger charge is -2.22. The SMILES string of the molecule is CC1Cc2ccccc2N1C(=O)c1cnc2c(cnn2C(C)C)c1. The Hall–Kier alpha value is -2.69. The number of fused-ring (bicyclic) bond motifs is 2. The molecule has 1 aliphatic heterocycles. The summed E-state index contributed by atoms with van der Waals surface area (Å²) in [6.07, 6.45) is 4.34. The predicted molar refractivity (Wildman–Crippen MR) is 94.3 cm³/mol. The molecule has 0 N–H and O–H groups in total. The van der Waals surface area contributed by atoms with Crippen molar-refractivity contribution < 1.29 is 4.79 Å². The van der Waals surface area contributed by atoms with E-state index in [-0.39, 0.29) is 18.0 Å². The van der Waals surface area contributed by atoms with Gasteiger partial charge in [0.05, 0.1) is 11.8 Å². The molecule has 0 aliphatic carbocycles. The van der Waals surface area contributed by atoms with E-state index in [2.05, 4.69) is 36.9 Å². The summed E-state index contributed by atoms with van der Waals surface area (Å²) in [5.74, 6) is -0.000790. The lowest BCUT2D eigenvalue weighted by molar-refractivity contribution is 0.0981. The van der Waals surface area contributed by atoms with Gasteiger partial charge in [0.15, 0.2) is 5.65 Å². The Kier molecular flexibility index (Phi) is 3.37. The Morgan fingerprint density at radius 3 is 2.83 bits per heavy atom. The lowest BCUT2D eigenvalue weighted by atomic mass is 10.1. The average molecular weight is 320 g/mol. The normalized spacial score (nSPS) is 16.8. The zero-order valence-corrected chi connectivity index (χ0v) is 14.1. The fraction of sp³-hybridized carbons (Fsp3) is 0.316. The Labute approximate surface area is 140 Å². The monoisotopic (exact) mass is 320 g/mol. The molecule has 24 heavy (non-hydrogen) atoms. The molecule has 3 aromatic rings. The maximum atomic E-state index is 13.1. The van der Waals surface area contributed by atoms with E-state index in [0.717, 1.165) is 23.1 Å². The number of hydrogen-bond acceptors (Lipinski definition) is 3. The molecule has 5 nitrogen and oxygen atoms in total. The van der Waals surface area contributed by atoms with Gasteiger partial charge in [-0.2, -0.15) is 5.10 Å². The quantitative estimate of drug-likeness (QED) is 0.725. The predicted octanol–water partition coefficient (Wildman–Crippen LogP) is 3.60. The number of rotatable bonds is 2. The van der Waals surface area contributed by atoms with E-state index in [4.69, 9.17) is 0 Å². The summed E-state index contributed by atoms with van der Waals surface area (Å²) < 4.78 is 1.87. The van der Waals surface area contributed by atoms with Gasteiger partial charge in [-0.05, 0) is 44.9 Å². The van der Waals surface area contributed by atoms with Gasteiger partial charge < -0.3 is 4.90 Å². The first-order chi connectivity index (χ1) is 11.6. The van der Waals surface area contributed by atoms with E-state index in [1.165, 1.54) is 5.56 Å². The molecule has 1 aromatic carbocycles. The Bertz CT molecular complexity index is 928. The molecule has 1 amide bonds. The molecule has 5 heteroatoms. The molecule has 0 radical (unpaired) electrons. The number of benzene rings is 1. The molecule has 0 saturated carbocycles. The highest BCUT2D eigenvalue weighted by atomic mass is 16.2. The van der Waals surface area contributed by atoms with E-state index in [9.17, 15) is 4.79 Å². The van der Waals surface area contributed by atoms with Crippen molar-refractivity contribution in [3.8, 4) is 0 Å². The molecule has 2 aromatic heterocycles. The third kappa shape index (κ3) is 2.19. The summed E-state index contributed by atoms with van der Waals surface area (Å²) in [6.45, 7) is 6.21. The molecular weight excluding hydrogens is 300 g/mol. The average Bonchev–Trinajstić information content (AvgIpc) is 3.13. The zero-order valence-electron chi connectivity index (χ0n) is 14.1. The standard InChI is InChI=1S/C19H20N4O/c1-12(2)23-18-15(11-21-23)9-16(10-20-18)19(24)22-13(3)8-14-6-4-5-7-17(14)22/h4-7,9-13H,8H2,1-3H3. The van der Waals surface area contributed by atoms with Gasteiger partial charge in [-0.25, -0.2) is 9.67 Å².